The Morgan fingerprint density at radius 1 is 1.08 bits per heavy atom. The van der Waals surface area contributed by atoms with Gasteiger partial charge in [-0.3, -0.25) is 4.79 Å². The molecule has 3 rings (SSSR count). The number of aromatic nitrogens is 3. The molecule has 0 fully saturated rings. The van der Waals surface area contributed by atoms with Gasteiger partial charge >= 0.3 is 12.1 Å². The third kappa shape index (κ3) is 6.73. The lowest BCUT2D eigenvalue weighted by Gasteiger charge is -2.30. The van der Waals surface area contributed by atoms with Gasteiger partial charge in [-0.15, -0.1) is 10.2 Å². The highest BCUT2D eigenvalue weighted by molar-refractivity contribution is 5.85. The van der Waals surface area contributed by atoms with Crippen molar-refractivity contribution in [3.8, 4) is 0 Å². The maximum atomic E-state index is 14.3. The van der Waals surface area contributed by atoms with E-state index in [1.54, 1.807) is 32.3 Å². The Bertz CT molecular complexity index is 1150. The summed E-state index contributed by atoms with van der Waals surface area (Å²) in [6.07, 6.45) is -1.41. The van der Waals surface area contributed by atoms with Crippen LogP contribution < -0.4 is 5.32 Å². The van der Waals surface area contributed by atoms with E-state index in [1.807, 2.05) is 0 Å². The lowest BCUT2D eigenvalue weighted by molar-refractivity contribution is -0.133. The third-order valence-electron chi connectivity index (χ3n) is 5.26. The number of amides is 2. The predicted octanol–water partition coefficient (Wildman–Crippen LogP) is 2.74. The Morgan fingerprint density at radius 2 is 1.78 bits per heavy atom. The smallest absolute Gasteiger partial charge is 0.407 e. The minimum absolute atomic E-state index is 0.0391. The van der Waals surface area contributed by atoms with Crippen molar-refractivity contribution >= 4 is 18.0 Å². The van der Waals surface area contributed by atoms with Gasteiger partial charge in [0, 0.05) is 31.6 Å². The van der Waals surface area contributed by atoms with Crippen molar-refractivity contribution in [3.63, 3.8) is 0 Å². The Hall–Kier alpha value is -3.64. The summed E-state index contributed by atoms with van der Waals surface area (Å²) in [7, 11) is 0. The molecule has 1 aliphatic rings. The summed E-state index contributed by atoms with van der Waals surface area (Å²) in [5.41, 5.74) is -1.04. The van der Waals surface area contributed by atoms with Crippen molar-refractivity contribution in [3.05, 3.63) is 46.8 Å². The van der Waals surface area contributed by atoms with Crippen LogP contribution in [0.15, 0.2) is 12.1 Å². The van der Waals surface area contributed by atoms with Crippen LogP contribution in [-0.4, -0.2) is 62.4 Å². The van der Waals surface area contributed by atoms with Gasteiger partial charge in [0.25, 0.3) is 0 Å². The van der Waals surface area contributed by atoms with E-state index < -0.39 is 47.1 Å². The number of nitrogens with one attached hydrogen (secondary N) is 1. The zero-order valence-electron chi connectivity index (χ0n) is 20.4. The number of halogens is 3. The number of carbonyl (C=O) groups is 3. The van der Waals surface area contributed by atoms with E-state index in [-0.39, 0.29) is 50.5 Å². The van der Waals surface area contributed by atoms with Crippen LogP contribution in [0.2, 0.25) is 0 Å². The molecular formula is C23H28F3N5O5. The molecule has 0 saturated heterocycles. The maximum absolute atomic E-state index is 14.3. The van der Waals surface area contributed by atoms with Crippen LogP contribution in [0.4, 0.5) is 18.0 Å². The summed E-state index contributed by atoms with van der Waals surface area (Å²) in [6.45, 7) is 7.29. The van der Waals surface area contributed by atoms with Gasteiger partial charge in [0.15, 0.2) is 17.5 Å². The van der Waals surface area contributed by atoms with Gasteiger partial charge in [-0.1, -0.05) is 0 Å². The number of ether oxygens (including phenoxy) is 2. The molecule has 0 spiro atoms. The largest absolute Gasteiger partial charge is 0.460 e. The molecule has 0 aliphatic carbocycles. The monoisotopic (exact) mass is 511 g/mol. The fourth-order valence-electron chi connectivity index (χ4n) is 3.69. The molecule has 10 nitrogen and oxygen atoms in total. The summed E-state index contributed by atoms with van der Waals surface area (Å²) in [4.78, 5) is 38.9. The number of rotatable bonds is 7. The number of alkyl carbamates (subject to hydrolysis) is 1. The van der Waals surface area contributed by atoms with E-state index in [1.165, 1.54) is 4.90 Å². The molecule has 0 bridgehead atoms. The standard InChI is InChI=1S/C23H28F3N5O5/c1-5-35-21(33)20-29-28-18-12-30(6-7-31(18)20)19(32)10-14(27-22(34)36-23(2,3)4)8-13-9-16(25)17(26)11-15(13)24/h9,11,14H,5-8,10,12H2,1-4H3,(H,27,34). The van der Waals surface area contributed by atoms with Crippen LogP contribution in [0.25, 0.3) is 0 Å². The highest BCUT2D eigenvalue weighted by Crippen LogP contribution is 2.19. The Labute approximate surface area is 205 Å². The fourth-order valence-corrected chi connectivity index (χ4v) is 3.69. The summed E-state index contributed by atoms with van der Waals surface area (Å²) >= 11 is 0. The van der Waals surface area contributed by atoms with Crippen LogP contribution in [0.5, 0.6) is 0 Å². The molecule has 0 saturated carbocycles. The van der Waals surface area contributed by atoms with Crippen LogP contribution in [0.1, 0.15) is 56.1 Å². The number of esters is 1. The molecule has 1 aliphatic heterocycles. The van der Waals surface area contributed by atoms with E-state index in [2.05, 4.69) is 15.5 Å². The SMILES string of the molecule is CCOC(=O)c1nnc2n1CCN(C(=O)CC(Cc1cc(F)c(F)cc1F)NC(=O)OC(C)(C)C)C2. The lowest BCUT2D eigenvalue weighted by Crippen LogP contribution is -2.45. The van der Waals surface area contributed by atoms with Gasteiger partial charge in [0.05, 0.1) is 13.2 Å². The predicted molar refractivity (Wildman–Crippen MR) is 119 cm³/mol. The van der Waals surface area contributed by atoms with E-state index >= 15 is 0 Å². The quantitative estimate of drug-likeness (QED) is 0.449. The number of hydrogen-bond donors (Lipinski definition) is 1. The molecule has 1 unspecified atom stereocenters. The second-order valence-corrected chi connectivity index (χ2v) is 9.24. The number of benzene rings is 1. The van der Waals surface area contributed by atoms with Crippen LogP contribution in [-0.2, 0) is 33.8 Å². The topological polar surface area (TPSA) is 116 Å². The molecule has 0 radical (unpaired) electrons. The lowest BCUT2D eigenvalue weighted by atomic mass is 10.0. The van der Waals surface area contributed by atoms with Crippen molar-refractivity contribution in [2.75, 3.05) is 13.2 Å². The number of nitrogens with zero attached hydrogens (tertiary/aromatic N) is 4. The van der Waals surface area contributed by atoms with Gasteiger partial charge in [0.1, 0.15) is 11.4 Å². The Kier molecular flexibility index (Phi) is 8.21. The number of carbonyl (C=O) groups excluding carboxylic acids is 3. The molecule has 1 aromatic carbocycles. The molecule has 1 N–H and O–H groups in total. The summed E-state index contributed by atoms with van der Waals surface area (Å²) in [5.74, 6) is -4.21. The average molecular weight is 512 g/mol. The molecular weight excluding hydrogens is 483 g/mol. The molecule has 1 atom stereocenters. The van der Waals surface area contributed by atoms with Crippen LogP contribution in [0, 0.1) is 17.5 Å². The van der Waals surface area contributed by atoms with Crippen molar-refractivity contribution < 1.29 is 37.0 Å². The highest BCUT2D eigenvalue weighted by Gasteiger charge is 2.30. The number of fused-ring (bicyclic) bond motifs is 1. The zero-order chi connectivity index (χ0) is 26.6. The first-order valence-corrected chi connectivity index (χ1v) is 11.4. The minimum atomic E-state index is -1.34. The molecule has 36 heavy (non-hydrogen) atoms. The second kappa shape index (κ2) is 11.0. The zero-order valence-corrected chi connectivity index (χ0v) is 20.4. The normalized spacial score (nSPS) is 14.1. The second-order valence-electron chi connectivity index (χ2n) is 9.24. The number of hydrogen-bond acceptors (Lipinski definition) is 7. The van der Waals surface area contributed by atoms with Gasteiger partial charge in [-0.25, -0.2) is 22.8 Å². The summed E-state index contributed by atoms with van der Waals surface area (Å²) in [6, 6.07) is 0.121. The summed E-state index contributed by atoms with van der Waals surface area (Å²) in [5, 5.41) is 10.3. The molecule has 196 valence electrons. The molecule has 2 heterocycles. The molecule has 1 aromatic heterocycles. The first-order chi connectivity index (χ1) is 16.9. The van der Waals surface area contributed by atoms with E-state index in [4.69, 9.17) is 9.47 Å². The first-order valence-electron chi connectivity index (χ1n) is 11.4. The first kappa shape index (κ1) is 27.0. The van der Waals surface area contributed by atoms with Crippen molar-refractivity contribution in [1.82, 2.24) is 25.0 Å². The van der Waals surface area contributed by atoms with Crippen molar-refractivity contribution in [2.45, 2.75) is 65.3 Å². The van der Waals surface area contributed by atoms with Crippen molar-refractivity contribution in [1.29, 1.82) is 0 Å². The van der Waals surface area contributed by atoms with Crippen LogP contribution >= 0.6 is 0 Å². The molecule has 2 aromatic rings. The van der Waals surface area contributed by atoms with Gasteiger partial charge in [-0.05, 0) is 45.7 Å². The summed E-state index contributed by atoms with van der Waals surface area (Å²) < 4.78 is 53.1. The fraction of sp³-hybridized carbons (Fsp3) is 0.522. The van der Waals surface area contributed by atoms with E-state index in [9.17, 15) is 27.6 Å². The van der Waals surface area contributed by atoms with Gasteiger partial charge < -0.3 is 24.3 Å². The van der Waals surface area contributed by atoms with Gasteiger partial charge in [-0.2, -0.15) is 0 Å². The van der Waals surface area contributed by atoms with Gasteiger partial charge in [0.2, 0.25) is 11.7 Å². The van der Waals surface area contributed by atoms with Crippen LogP contribution in [0.3, 0.4) is 0 Å². The Morgan fingerprint density at radius 3 is 2.44 bits per heavy atom. The highest BCUT2D eigenvalue weighted by atomic mass is 19.2. The third-order valence-corrected chi connectivity index (χ3v) is 5.26. The van der Waals surface area contributed by atoms with E-state index in [0.29, 0.717) is 18.0 Å². The maximum Gasteiger partial charge on any atom is 0.407 e. The molecule has 13 heteroatoms. The minimum Gasteiger partial charge on any atom is -0.460 e. The molecule has 2 amide bonds. The van der Waals surface area contributed by atoms with Crippen molar-refractivity contribution in [2.24, 2.45) is 0 Å². The average Bonchev–Trinajstić information content (AvgIpc) is 3.19. The Balaban J connectivity index is 1.75. The van der Waals surface area contributed by atoms with E-state index in [0.717, 1.165) is 0 Å².